The maximum absolute atomic E-state index is 11.6. The Labute approximate surface area is 125 Å². The number of rotatable bonds is 6. The van der Waals surface area contributed by atoms with E-state index in [1.807, 2.05) is 49.4 Å². The minimum absolute atomic E-state index is 0.0895. The Morgan fingerprint density at radius 1 is 1.14 bits per heavy atom. The summed E-state index contributed by atoms with van der Waals surface area (Å²) >= 11 is 0. The molecule has 0 aromatic heterocycles. The Bertz CT molecular complexity index is 611. The summed E-state index contributed by atoms with van der Waals surface area (Å²) in [6, 6.07) is 15.4. The number of nitrogens with one attached hydrogen (secondary N) is 2. The molecule has 4 heteroatoms. The van der Waals surface area contributed by atoms with Gasteiger partial charge in [-0.25, -0.2) is 0 Å². The van der Waals surface area contributed by atoms with Gasteiger partial charge in [-0.3, -0.25) is 4.79 Å². The highest BCUT2D eigenvalue weighted by atomic mass is 16.5. The fraction of sp³-hybridized carbons (Fsp3) is 0.235. The highest BCUT2D eigenvalue weighted by Crippen LogP contribution is 2.20. The SMILES string of the molecule is CCOc1ccccc1CNc1cccc(C(=O)NC)c1. The van der Waals surface area contributed by atoms with E-state index in [-0.39, 0.29) is 5.91 Å². The second-order valence-corrected chi connectivity index (χ2v) is 4.55. The third-order valence-electron chi connectivity index (χ3n) is 3.11. The first kappa shape index (κ1) is 14.9. The number of benzene rings is 2. The summed E-state index contributed by atoms with van der Waals surface area (Å²) in [5.74, 6) is 0.795. The molecule has 4 nitrogen and oxygen atoms in total. The number of para-hydroxylation sites is 1. The van der Waals surface area contributed by atoms with Gasteiger partial charge in [0.2, 0.25) is 0 Å². The molecule has 0 saturated heterocycles. The second-order valence-electron chi connectivity index (χ2n) is 4.55. The van der Waals surface area contributed by atoms with Gasteiger partial charge in [0, 0.05) is 30.4 Å². The zero-order chi connectivity index (χ0) is 15.1. The Kier molecular flexibility index (Phi) is 5.21. The lowest BCUT2D eigenvalue weighted by molar-refractivity contribution is 0.0963. The molecule has 0 heterocycles. The van der Waals surface area contributed by atoms with Gasteiger partial charge in [0.15, 0.2) is 0 Å². The average molecular weight is 284 g/mol. The van der Waals surface area contributed by atoms with Crippen molar-refractivity contribution in [2.45, 2.75) is 13.5 Å². The third kappa shape index (κ3) is 3.99. The van der Waals surface area contributed by atoms with Crippen LogP contribution in [-0.2, 0) is 6.54 Å². The highest BCUT2D eigenvalue weighted by Gasteiger charge is 2.05. The molecule has 21 heavy (non-hydrogen) atoms. The minimum Gasteiger partial charge on any atom is -0.494 e. The van der Waals surface area contributed by atoms with Crippen LogP contribution in [0.15, 0.2) is 48.5 Å². The van der Waals surface area contributed by atoms with Crippen LogP contribution >= 0.6 is 0 Å². The molecule has 2 aromatic carbocycles. The first-order chi connectivity index (χ1) is 10.2. The van der Waals surface area contributed by atoms with E-state index in [4.69, 9.17) is 4.74 Å². The highest BCUT2D eigenvalue weighted by molar-refractivity contribution is 5.94. The third-order valence-corrected chi connectivity index (χ3v) is 3.11. The predicted molar refractivity (Wildman–Crippen MR) is 84.8 cm³/mol. The van der Waals surface area contributed by atoms with E-state index in [0.29, 0.717) is 18.7 Å². The molecular weight excluding hydrogens is 264 g/mol. The van der Waals surface area contributed by atoms with Gasteiger partial charge < -0.3 is 15.4 Å². The van der Waals surface area contributed by atoms with E-state index in [1.54, 1.807) is 13.1 Å². The summed E-state index contributed by atoms with van der Waals surface area (Å²) in [6.07, 6.45) is 0. The van der Waals surface area contributed by atoms with E-state index < -0.39 is 0 Å². The molecule has 0 fully saturated rings. The van der Waals surface area contributed by atoms with Crippen molar-refractivity contribution in [3.63, 3.8) is 0 Å². The van der Waals surface area contributed by atoms with E-state index in [2.05, 4.69) is 10.6 Å². The average Bonchev–Trinajstić information content (AvgIpc) is 2.54. The Hall–Kier alpha value is -2.49. The van der Waals surface area contributed by atoms with Gasteiger partial charge in [-0.05, 0) is 31.2 Å². The molecule has 1 amide bonds. The molecule has 110 valence electrons. The molecule has 0 aliphatic heterocycles. The molecule has 2 N–H and O–H groups in total. The molecule has 0 bridgehead atoms. The largest absolute Gasteiger partial charge is 0.494 e. The van der Waals surface area contributed by atoms with Crippen molar-refractivity contribution in [2.24, 2.45) is 0 Å². The summed E-state index contributed by atoms with van der Waals surface area (Å²) in [4.78, 5) is 11.6. The standard InChI is InChI=1S/C17H20N2O2/c1-3-21-16-10-5-4-7-14(16)12-19-15-9-6-8-13(11-15)17(20)18-2/h4-11,19H,3,12H2,1-2H3,(H,18,20). The van der Waals surface area contributed by atoms with Gasteiger partial charge in [0.1, 0.15) is 5.75 Å². The number of ether oxygens (including phenoxy) is 1. The molecular formula is C17H20N2O2. The first-order valence-corrected chi connectivity index (χ1v) is 7.01. The van der Waals surface area contributed by atoms with Crippen LogP contribution in [0.4, 0.5) is 5.69 Å². The molecule has 0 radical (unpaired) electrons. The van der Waals surface area contributed by atoms with Crippen LogP contribution in [0.25, 0.3) is 0 Å². The zero-order valence-electron chi connectivity index (χ0n) is 12.3. The van der Waals surface area contributed by atoms with E-state index >= 15 is 0 Å². The maximum atomic E-state index is 11.6. The summed E-state index contributed by atoms with van der Waals surface area (Å²) in [5.41, 5.74) is 2.63. The normalized spacial score (nSPS) is 10.0. The fourth-order valence-electron chi connectivity index (χ4n) is 2.06. The second kappa shape index (κ2) is 7.33. The predicted octanol–water partition coefficient (Wildman–Crippen LogP) is 3.06. The van der Waals surface area contributed by atoms with Crippen molar-refractivity contribution in [1.82, 2.24) is 5.32 Å². The van der Waals surface area contributed by atoms with Crippen molar-refractivity contribution in [2.75, 3.05) is 19.0 Å². The lowest BCUT2D eigenvalue weighted by Crippen LogP contribution is -2.17. The van der Waals surface area contributed by atoms with Gasteiger partial charge in [0.05, 0.1) is 6.61 Å². The lowest BCUT2D eigenvalue weighted by atomic mass is 10.1. The van der Waals surface area contributed by atoms with Crippen molar-refractivity contribution in [3.8, 4) is 5.75 Å². The van der Waals surface area contributed by atoms with Crippen molar-refractivity contribution >= 4 is 11.6 Å². The number of carbonyl (C=O) groups excluding carboxylic acids is 1. The monoisotopic (exact) mass is 284 g/mol. The van der Waals surface area contributed by atoms with E-state index in [9.17, 15) is 4.79 Å². The molecule has 2 aromatic rings. The van der Waals surface area contributed by atoms with Crippen LogP contribution in [0.3, 0.4) is 0 Å². The van der Waals surface area contributed by atoms with E-state index in [1.165, 1.54) is 0 Å². The molecule has 2 rings (SSSR count). The van der Waals surface area contributed by atoms with Crippen LogP contribution in [0.5, 0.6) is 5.75 Å². The van der Waals surface area contributed by atoms with Crippen LogP contribution in [0, 0.1) is 0 Å². The number of anilines is 1. The Morgan fingerprint density at radius 2 is 1.95 bits per heavy atom. The Morgan fingerprint density at radius 3 is 2.71 bits per heavy atom. The van der Waals surface area contributed by atoms with Crippen LogP contribution in [0.2, 0.25) is 0 Å². The van der Waals surface area contributed by atoms with E-state index in [0.717, 1.165) is 17.0 Å². The molecule has 0 aliphatic carbocycles. The number of amides is 1. The first-order valence-electron chi connectivity index (χ1n) is 7.01. The molecule has 0 unspecified atom stereocenters. The fourth-order valence-corrected chi connectivity index (χ4v) is 2.06. The summed E-state index contributed by atoms with van der Waals surface area (Å²) < 4.78 is 5.60. The van der Waals surface area contributed by atoms with Crippen molar-refractivity contribution in [3.05, 3.63) is 59.7 Å². The van der Waals surface area contributed by atoms with Crippen molar-refractivity contribution in [1.29, 1.82) is 0 Å². The molecule has 0 aliphatic rings. The quantitative estimate of drug-likeness (QED) is 0.857. The number of carbonyl (C=O) groups is 1. The van der Waals surface area contributed by atoms with Crippen molar-refractivity contribution < 1.29 is 9.53 Å². The van der Waals surface area contributed by atoms with Crippen LogP contribution in [-0.4, -0.2) is 19.6 Å². The van der Waals surface area contributed by atoms with Gasteiger partial charge >= 0.3 is 0 Å². The Balaban J connectivity index is 2.08. The van der Waals surface area contributed by atoms with Crippen LogP contribution in [0.1, 0.15) is 22.8 Å². The van der Waals surface area contributed by atoms with Gasteiger partial charge in [0.25, 0.3) is 5.91 Å². The zero-order valence-corrected chi connectivity index (χ0v) is 12.3. The van der Waals surface area contributed by atoms with Gasteiger partial charge in [-0.1, -0.05) is 24.3 Å². The molecule has 0 spiro atoms. The van der Waals surface area contributed by atoms with Crippen LogP contribution < -0.4 is 15.4 Å². The van der Waals surface area contributed by atoms with Gasteiger partial charge in [-0.15, -0.1) is 0 Å². The maximum Gasteiger partial charge on any atom is 0.251 e. The number of hydrogen-bond donors (Lipinski definition) is 2. The summed E-state index contributed by atoms with van der Waals surface area (Å²) in [6.45, 7) is 3.26. The number of hydrogen-bond acceptors (Lipinski definition) is 3. The topological polar surface area (TPSA) is 50.4 Å². The smallest absolute Gasteiger partial charge is 0.251 e. The lowest BCUT2D eigenvalue weighted by Gasteiger charge is -2.12. The molecule has 0 atom stereocenters. The summed E-state index contributed by atoms with van der Waals surface area (Å²) in [7, 11) is 1.63. The minimum atomic E-state index is -0.0895. The van der Waals surface area contributed by atoms with Gasteiger partial charge in [-0.2, -0.15) is 0 Å². The molecule has 0 saturated carbocycles. The summed E-state index contributed by atoms with van der Waals surface area (Å²) in [5, 5.41) is 5.94.